The maximum Gasteiger partial charge on any atom is 0.407 e. The maximum atomic E-state index is 14.8. The van der Waals surface area contributed by atoms with E-state index in [1.165, 1.54) is 4.90 Å². The summed E-state index contributed by atoms with van der Waals surface area (Å²) in [5.41, 5.74) is -2.63. The van der Waals surface area contributed by atoms with E-state index in [9.17, 15) is 40.8 Å². The van der Waals surface area contributed by atoms with Gasteiger partial charge in [-0.05, 0) is 103 Å². The molecule has 3 saturated carbocycles. The van der Waals surface area contributed by atoms with E-state index in [0.717, 1.165) is 16.5 Å². The van der Waals surface area contributed by atoms with Gasteiger partial charge in [-0.25, -0.2) is 18.2 Å². The summed E-state index contributed by atoms with van der Waals surface area (Å²) in [6.07, 6.45) is 2.47. The van der Waals surface area contributed by atoms with Crippen molar-refractivity contribution in [2.45, 2.75) is 138 Å². The molecule has 1 aromatic heterocycles. The summed E-state index contributed by atoms with van der Waals surface area (Å²) in [5.74, 6) is -1.59. The molecule has 6 aliphatic rings. The minimum Gasteiger partial charge on any atom is -0.497 e. The van der Waals surface area contributed by atoms with Crippen LogP contribution in [0.4, 0.5) is 18.0 Å². The number of halogens is 3. The number of alkyl carbamates (subject to hydrolysis) is 1. The second-order valence-corrected chi connectivity index (χ2v) is 20.2. The Balaban J connectivity index is 1.12. The molecule has 4 fully saturated rings. The number of benzene rings is 1. The highest BCUT2D eigenvalue weighted by Crippen LogP contribution is 2.57. The molecule has 3 aliphatic carbocycles. The summed E-state index contributed by atoms with van der Waals surface area (Å²) < 4.78 is 86.3. The van der Waals surface area contributed by atoms with Gasteiger partial charge in [0.05, 0.1) is 29.6 Å². The topological polar surface area (TPSA) is 182 Å². The van der Waals surface area contributed by atoms with Crippen molar-refractivity contribution in [2.75, 3.05) is 20.3 Å². The Morgan fingerprint density at radius 1 is 1.07 bits per heavy atom. The van der Waals surface area contributed by atoms with Gasteiger partial charge >= 0.3 is 12.3 Å². The van der Waals surface area contributed by atoms with Crippen LogP contribution in [0.1, 0.15) is 102 Å². The first kappa shape index (κ1) is 42.1. The average Bonchev–Trinajstić information content (AvgIpc) is 4.12. The van der Waals surface area contributed by atoms with Crippen LogP contribution >= 0.6 is 0 Å². The maximum absolute atomic E-state index is 14.8. The first-order chi connectivity index (χ1) is 28.3. The first-order valence-corrected chi connectivity index (χ1v) is 22.3. The zero-order valence-electron chi connectivity index (χ0n) is 34.0. The SMILES string of the molecule is COc1ccc2nc(C)c3c(c2c1)CC[C@]1(C[C@H]2C(=O)N[C@]4(C(=O)NS(=O)(=O)C5(C)CC5)CC[C@H]4/C=C\CCCCC[C@H](NC(=O)OCC4(C(F)(F)F)CC4)C(=O)N2C1)O3. The number of alkyl halides is 3. The van der Waals surface area contributed by atoms with Crippen molar-refractivity contribution in [1.29, 1.82) is 0 Å². The Bertz CT molecular complexity index is 2240. The molecule has 4 heterocycles. The molecule has 1 aromatic carbocycles. The van der Waals surface area contributed by atoms with E-state index < -0.39 is 85.9 Å². The van der Waals surface area contributed by atoms with E-state index in [1.807, 2.05) is 37.3 Å². The smallest absolute Gasteiger partial charge is 0.407 e. The highest BCUT2D eigenvalue weighted by atomic mass is 32.2. The van der Waals surface area contributed by atoms with Gasteiger partial charge in [0.15, 0.2) is 0 Å². The van der Waals surface area contributed by atoms with Crippen molar-refractivity contribution in [1.82, 2.24) is 25.2 Å². The van der Waals surface area contributed by atoms with Gasteiger partial charge in [0.2, 0.25) is 21.8 Å². The van der Waals surface area contributed by atoms with Gasteiger partial charge in [0, 0.05) is 23.3 Å². The van der Waals surface area contributed by atoms with Crippen LogP contribution in [-0.4, -0.2) is 96.5 Å². The summed E-state index contributed by atoms with van der Waals surface area (Å²) in [6, 6.07) is 3.04. The van der Waals surface area contributed by atoms with Crippen LogP contribution in [0.3, 0.4) is 0 Å². The van der Waals surface area contributed by atoms with Crippen LogP contribution in [-0.2, 0) is 35.6 Å². The van der Waals surface area contributed by atoms with E-state index >= 15 is 0 Å². The van der Waals surface area contributed by atoms with Gasteiger partial charge < -0.3 is 29.7 Å². The first-order valence-electron chi connectivity index (χ1n) is 20.9. The number of nitrogens with one attached hydrogen (secondary N) is 3. The van der Waals surface area contributed by atoms with E-state index in [2.05, 4.69) is 15.4 Å². The third kappa shape index (κ3) is 7.54. The third-order valence-corrected chi connectivity index (χ3v) is 16.0. The van der Waals surface area contributed by atoms with Gasteiger partial charge in [-0.2, -0.15) is 13.2 Å². The molecular weight excluding hydrogens is 808 g/mol. The summed E-state index contributed by atoms with van der Waals surface area (Å²) in [7, 11) is -2.50. The molecule has 4 amide bonds. The molecule has 5 atom stereocenters. The number of nitrogens with zero attached hydrogens (tertiary/aromatic N) is 2. The number of allylic oxidation sites excluding steroid dienone is 1. The van der Waals surface area contributed by atoms with Gasteiger partial charge in [0.1, 0.15) is 46.7 Å². The van der Waals surface area contributed by atoms with Crippen molar-refractivity contribution in [3.8, 4) is 11.5 Å². The lowest BCUT2D eigenvalue weighted by Crippen LogP contribution is -2.70. The lowest BCUT2D eigenvalue weighted by atomic mass is 9.65. The Morgan fingerprint density at radius 2 is 1.83 bits per heavy atom. The lowest BCUT2D eigenvalue weighted by Gasteiger charge is -2.48. The van der Waals surface area contributed by atoms with E-state index in [1.54, 1.807) is 14.0 Å². The van der Waals surface area contributed by atoms with Gasteiger partial charge in [-0.1, -0.05) is 25.0 Å². The number of ether oxygens (including phenoxy) is 3. The molecule has 8 rings (SSSR count). The van der Waals surface area contributed by atoms with Crippen molar-refractivity contribution in [2.24, 2.45) is 11.3 Å². The molecule has 0 bridgehead atoms. The molecular formula is C42H52F3N5O9S. The minimum atomic E-state index is -4.55. The Labute approximate surface area is 346 Å². The normalized spacial score (nSPS) is 30.2. The lowest BCUT2D eigenvalue weighted by molar-refractivity contribution is -0.196. The van der Waals surface area contributed by atoms with Crippen molar-refractivity contribution < 1.29 is 55.0 Å². The summed E-state index contributed by atoms with van der Waals surface area (Å²) >= 11 is 0. The molecule has 18 heteroatoms. The fourth-order valence-electron chi connectivity index (χ4n) is 9.22. The van der Waals surface area contributed by atoms with Gasteiger partial charge in [-0.3, -0.25) is 19.1 Å². The predicted molar refractivity (Wildman–Crippen MR) is 211 cm³/mol. The van der Waals surface area contributed by atoms with Crippen LogP contribution in [0.15, 0.2) is 30.4 Å². The van der Waals surface area contributed by atoms with Crippen molar-refractivity contribution in [3.05, 3.63) is 41.6 Å². The van der Waals surface area contributed by atoms with Crippen molar-refractivity contribution in [3.63, 3.8) is 0 Å². The largest absolute Gasteiger partial charge is 0.497 e. The number of carbonyl (C=O) groups is 4. The van der Waals surface area contributed by atoms with Gasteiger partial charge in [-0.15, -0.1) is 0 Å². The predicted octanol–water partition coefficient (Wildman–Crippen LogP) is 5.44. The molecule has 1 spiro atoms. The molecule has 326 valence electrons. The van der Waals surface area contributed by atoms with E-state index in [0.29, 0.717) is 75.0 Å². The number of amides is 4. The summed E-state index contributed by atoms with van der Waals surface area (Å²) in [6.45, 7) is 2.40. The fourth-order valence-corrected chi connectivity index (χ4v) is 10.5. The number of hydrogen-bond donors (Lipinski definition) is 3. The van der Waals surface area contributed by atoms with Crippen LogP contribution in [0, 0.1) is 18.3 Å². The zero-order chi connectivity index (χ0) is 42.9. The third-order valence-electron chi connectivity index (χ3n) is 13.9. The second-order valence-electron chi connectivity index (χ2n) is 18.0. The highest BCUT2D eigenvalue weighted by molar-refractivity contribution is 7.91. The monoisotopic (exact) mass is 859 g/mol. The molecule has 3 aliphatic heterocycles. The minimum absolute atomic E-state index is 0.0144. The second kappa shape index (κ2) is 15.1. The molecule has 2 aromatic rings. The quantitative estimate of drug-likeness (QED) is 0.304. The molecule has 0 radical (unpaired) electrons. The Kier molecular flexibility index (Phi) is 10.6. The zero-order valence-corrected chi connectivity index (χ0v) is 34.9. The molecule has 60 heavy (non-hydrogen) atoms. The highest BCUT2D eigenvalue weighted by Gasteiger charge is 2.64. The molecule has 14 nitrogen and oxygen atoms in total. The van der Waals surface area contributed by atoms with Crippen LogP contribution in [0.2, 0.25) is 0 Å². The van der Waals surface area contributed by atoms with Crippen LogP contribution < -0.4 is 24.8 Å². The number of aryl methyl sites for hydroxylation is 2. The number of sulfonamides is 1. The van der Waals surface area contributed by atoms with E-state index in [4.69, 9.17) is 19.2 Å². The van der Waals surface area contributed by atoms with Crippen LogP contribution in [0.5, 0.6) is 11.5 Å². The number of methoxy groups -OCH3 is 1. The van der Waals surface area contributed by atoms with Gasteiger partial charge in [0.25, 0.3) is 5.91 Å². The average molecular weight is 860 g/mol. The number of carbonyl (C=O) groups excluding carboxylic acids is 4. The standard InChI is InChI=1S/C42H52F3N5O9S/c1-25-33-28(29-21-27(57-3)11-12-30(29)46-25)14-15-40(59-33)22-32-34(51)48-41(36(53)49-60(55,56)38(2)17-18-38)16-13-26(41)9-7-5-4-6-8-10-31(35(52)50(32)23-40)47-37(54)58-24-39(19-20-39)42(43,44)45/h7,9,11-12,21,26,31-32H,4-6,8,10,13-20,22-24H2,1-3H3,(H,47,54)(H,48,51)(H,49,53)/b9-7-/t26-,31+,32+,40-,41-/m1/s1. The van der Waals surface area contributed by atoms with E-state index in [-0.39, 0.29) is 38.6 Å². The summed E-state index contributed by atoms with van der Waals surface area (Å²) in [5, 5.41) is 6.29. The Morgan fingerprint density at radius 3 is 2.50 bits per heavy atom. The van der Waals surface area contributed by atoms with Crippen molar-refractivity contribution >= 4 is 44.7 Å². The number of aromatic nitrogens is 1. The Hall–Kier alpha value is -4.61. The van der Waals surface area contributed by atoms with Crippen LogP contribution in [0.25, 0.3) is 10.9 Å². The fraction of sp³-hybridized carbons (Fsp3) is 0.643. The summed E-state index contributed by atoms with van der Waals surface area (Å²) in [4.78, 5) is 63.1. The number of rotatable bonds is 7. The molecule has 1 saturated heterocycles. The number of hydrogen-bond acceptors (Lipinski definition) is 10. The number of fused-ring (bicyclic) bond motifs is 5. The number of pyridine rings is 1. The molecule has 0 unspecified atom stereocenters. The molecule has 3 N–H and O–H groups in total.